The number of hydrogen-bond donors (Lipinski definition) is 6. The molecule has 31 nitrogen and oxygen atoms in total. The first kappa shape index (κ1) is 65.7. The van der Waals surface area contributed by atoms with Gasteiger partial charge in [0.15, 0.2) is 11.3 Å². The van der Waals surface area contributed by atoms with Gasteiger partial charge in [0.05, 0.1) is 62.4 Å². The molecule has 0 amide bonds. The lowest BCUT2D eigenvalue weighted by Crippen LogP contribution is -2.08. The van der Waals surface area contributed by atoms with Gasteiger partial charge in [-0.1, -0.05) is 29.0 Å². The second-order valence-electron chi connectivity index (χ2n) is 16.8. The molecule has 0 unspecified atom stereocenters. The van der Waals surface area contributed by atoms with E-state index in [0.717, 1.165) is 41.3 Å². The molecule has 0 aliphatic heterocycles. The van der Waals surface area contributed by atoms with Crippen molar-refractivity contribution in [2.75, 3.05) is 23.9 Å². The summed E-state index contributed by atoms with van der Waals surface area (Å²) in [6.45, 7) is 2.25. The van der Waals surface area contributed by atoms with E-state index in [4.69, 9.17) is 41.6 Å². The number of thiazole rings is 1. The molecular weight excluding hydrogens is 1300 g/mol. The summed E-state index contributed by atoms with van der Waals surface area (Å²) in [4.78, 5) is 7.89. The molecule has 3 heterocycles. The van der Waals surface area contributed by atoms with E-state index in [0.29, 0.717) is 26.5 Å². The molecule has 0 spiro atoms. The molecule has 5 aromatic carbocycles. The van der Waals surface area contributed by atoms with Gasteiger partial charge in [-0.05, 0) is 98.0 Å². The van der Waals surface area contributed by atoms with E-state index in [1.54, 1.807) is 32.0 Å². The minimum Gasteiger partial charge on any atom is -0.493 e. The Morgan fingerprint density at radius 1 is 0.738 bits per heavy atom. The van der Waals surface area contributed by atoms with E-state index in [2.05, 4.69) is 46.7 Å². The Labute approximate surface area is 490 Å². The molecule has 0 saturated carbocycles. The molecule has 0 bridgehead atoms. The van der Waals surface area contributed by atoms with E-state index in [1.807, 2.05) is 0 Å². The van der Waals surface area contributed by atoms with Crippen LogP contribution in [0.15, 0.2) is 112 Å². The fourth-order valence-electron chi connectivity index (χ4n) is 7.51. The summed E-state index contributed by atoms with van der Waals surface area (Å²) >= 11 is 8.01. The third kappa shape index (κ3) is 17.1. The van der Waals surface area contributed by atoms with Crippen molar-refractivity contribution in [3.05, 3.63) is 94.0 Å². The lowest BCUT2D eigenvalue weighted by Gasteiger charge is -2.12. The quantitative estimate of drug-likeness (QED) is 0.0191. The van der Waals surface area contributed by atoms with Crippen LogP contribution in [0.5, 0.6) is 11.6 Å². The van der Waals surface area contributed by atoms with Gasteiger partial charge >= 0.3 is 21.2 Å². The summed E-state index contributed by atoms with van der Waals surface area (Å²) in [5.41, 5.74) is 1.76. The molecule has 3 aromatic heterocycles. The van der Waals surface area contributed by atoms with Gasteiger partial charge in [-0.25, -0.2) is 9.97 Å². The number of nitriles is 1. The number of nitrogens with zero attached hydrogens (tertiary/aromatic N) is 10. The number of aliphatic hydroxyl groups is 1. The van der Waals surface area contributed by atoms with Crippen LogP contribution in [0.25, 0.3) is 37.7 Å². The van der Waals surface area contributed by atoms with Gasteiger partial charge in [0.25, 0.3) is 40.5 Å². The molecule has 8 rings (SSSR count). The van der Waals surface area contributed by atoms with E-state index in [-0.39, 0.29) is 108 Å². The number of thioether (sulfide) groups is 1. The predicted octanol–water partition coefficient (Wildman–Crippen LogP) is 8.35. The van der Waals surface area contributed by atoms with Crippen LogP contribution in [0.3, 0.4) is 0 Å². The van der Waals surface area contributed by atoms with E-state index in [9.17, 15) is 67.4 Å². The highest BCUT2D eigenvalue weighted by Crippen LogP contribution is 2.44. The third-order valence-corrected chi connectivity index (χ3v) is 16.7. The Hall–Kier alpha value is -7.43. The standard InChI is InChI=1S/C44H37ClN10O15S6.2O3S/c1-22-13-33(51-53-39-23(2)29(20-46)42-47-32-16-26(45)6-8-35(32)55(42)43(39)57)36(70-9-3-11-73(58,59)60)18-30(22)49-52-34-14-25(21-56)31(19-37(34)71-10-4-12-74(61,62)63)50-54-44-48-40-38(76(67,68)69)15-24-5-7-27(75(64,65)66)17-28(24)41(40)72-44;2*1-4(2)3/h5-8,13-19,56-57H,3-4,9-12,21H2,1-2H3,(H,58,59,60)(H,61,62,63)(H,64,65,66)(H,67,68,69);;. The smallest absolute Gasteiger partial charge is 0.425 e. The first-order valence-corrected chi connectivity index (χ1v) is 32.9. The highest BCUT2D eigenvalue weighted by atomic mass is 35.5. The largest absolute Gasteiger partial charge is 0.493 e. The highest BCUT2D eigenvalue weighted by Gasteiger charge is 2.24. The van der Waals surface area contributed by atoms with Gasteiger partial charge in [0.1, 0.15) is 33.5 Å². The Morgan fingerprint density at radius 3 is 1.99 bits per heavy atom. The summed E-state index contributed by atoms with van der Waals surface area (Å²) in [6.07, 6.45) is -0.191. The van der Waals surface area contributed by atoms with E-state index < -0.39 is 95.5 Å². The summed E-state index contributed by atoms with van der Waals surface area (Å²) in [5.74, 6) is -1.55. The van der Waals surface area contributed by atoms with Crippen LogP contribution in [0.2, 0.25) is 5.02 Å². The van der Waals surface area contributed by atoms with E-state index in [1.165, 1.54) is 34.7 Å². The van der Waals surface area contributed by atoms with Gasteiger partial charge in [-0.3, -0.25) is 22.6 Å². The van der Waals surface area contributed by atoms with Crippen molar-refractivity contribution in [2.24, 2.45) is 30.7 Å². The Kier molecular flexibility index (Phi) is 21.2. The Balaban J connectivity index is 0.00000133. The molecule has 0 fully saturated rings. The molecule has 6 N–H and O–H groups in total. The molecule has 40 heteroatoms. The number of aromatic hydroxyl groups is 1. The lowest BCUT2D eigenvalue weighted by atomic mass is 10.1. The number of hydrogen-bond acceptors (Lipinski definition) is 28. The zero-order valence-corrected chi connectivity index (χ0v) is 49.5. The van der Waals surface area contributed by atoms with Gasteiger partial charge < -0.3 is 14.9 Å². The third-order valence-electron chi connectivity index (χ3n) is 11.1. The SMILES string of the molecule is Cc1cc(N=Nc2c(C)c(C#N)c3nc4cc(Cl)ccc4n3c2O)c(OCCCS(=O)(=O)O)cc1N=Nc1cc(CO)c(N=Nc2nc3c(S(=O)(=O)O)cc4ccc(S(=O)(=O)O)cc4c3s2)cc1SCCCS(=O)(=O)O.O=S(=O)=O.O=S(=O)=O. The monoisotopic (exact) mass is 1330 g/mol. The maximum atomic E-state index is 12.5. The minimum absolute atomic E-state index is 0.0165. The molecule has 0 atom stereocenters. The first-order chi connectivity index (χ1) is 39.2. The van der Waals surface area contributed by atoms with Crippen LogP contribution in [0, 0.1) is 25.2 Å². The minimum atomic E-state index is -4.90. The van der Waals surface area contributed by atoms with E-state index >= 15 is 0 Å². The number of halogens is 1. The van der Waals surface area contributed by atoms with Crippen LogP contribution in [0.4, 0.5) is 33.6 Å². The Morgan fingerprint density at radius 2 is 1.37 bits per heavy atom. The van der Waals surface area contributed by atoms with Crippen molar-refractivity contribution in [1.82, 2.24) is 14.4 Å². The summed E-state index contributed by atoms with van der Waals surface area (Å²) in [5, 5.41) is 58.7. The van der Waals surface area contributed by atoms with Crippen molar-refractivity contribution in [2.45, 2.75) is 48.0 Å². The predicted molar refractivity (Wildman–Crippen MR) is 299 cm³/mol. The fourth-order valence-corrected chi connectivity index (χ4v) is 12.0. The van der Waals surface area contributed by atoms with Crippen molar-refractivity contribution < 1.29 is 92.1 Å². The highest BCUT2D eigenvalue weighted by molar-refractivity contribution is 7.99. The number of benzene rings is 5. The van der Waals surface area contributed by atoms with Gasteiger partial charge in [0, 0.05) is 32.5 Å². The van der Waals surface area contributed by atoms with Gasteiger partial charge in [-0.15, -0.1) is 62.6 Å². The molecule has 0 aliphatic rings. The van der Waals surface area contributed by atoms with Crippen LogP contribution in [-0.2, 0) is 68.3 Å². The van der Waals surface area contributed by atoms with Crippen LogP contribution in [-0.4, -0.2) is 126 Å². The second kappa shape index (κ2) is 27.1. The second-order valence-corrected chi connectivity index (χ2v) is 26.1. The van der Waals surface area contributed by atoms with Crippen molar-refractivity contribution in [1.29, 1.82) is 5.26 Å². The molecule has 0 radical (unpaired) electrons. The van der Waals surface area contributed by atoms with Gasteiger partial charge in [0.2, 0.25) is 11.0 Å². The molecule has 0 saturated heterocycles. The van der Waals surface area contributed by atoms with Crippen LogP contribution in [0.1, 0.15) is 35.1 Å². The lowest BCUT2D eigenvalue weighted by molar-refractivity contribution is 0.282. The van der Waals surface area contributed by atoms with Gasteiger partial charge in [-0.2, -0.15) is 44.0 Å². The molecular formula is C44H37ClN10O21S8. The van der Waals surface area contributed by atoms with Crippen LogP contribution < -0.4 is 4.74 Å². The summed E-state index contributed by atoms with van der Waals surface area (Å²) in [7, 11) is -24.5. The number of pyridine rings is 1. The number of imidazole rings is 1. The first-order valence-electron chi connectivity index (χ1n) is 22.6. The van der Waals surface area contributed by atoms with Crippen molar-refractivity contribution in [3.63, 3.8) is 0 Å². The maximum absolute atomic E-state index is 12.5. The molecule has 0 aliphatic carbocycles. The number of aromatic nitrogens is 3. The normalized spacial score (nSPS) is 12.3. The average Bonchev–Trinajstić information content (AvgIpc) is 1.71. The average molecular weight is 1330 g/mol. The zero-order chi connectivity index (χ0) is 62.2. The number of fused-ring (bicyclic) bond motifs is 6. The molecule has 84 heavy (non-hydrogen) atoms. The number of aryl methyl sites for hydroxylation is 1. The number of azo groups is 3. The summed E-state index contributed by atoms with van der Waals surface area (Å²) in [6, 6.07) is 17.0. The van der Waals surface area contributed by atoms with Crippen molar-refractivity contribution in [3.8, 4) is 17.7 Å². The Bertz CT molecular complexity index is 4790. The fraction of sp³-hybridized carbons (Fsp3) is 0.205. The maximum Gasteiger partial charge on any atom is 0.425 e. The summed E-state index contributed by atoms with van der Waals surface area (Å²) < 4.78 is 191. The number of rotatable bonds is 19. The zero-order valence-electron chi connectivity index (χ0n) is 42.2. The van der Waals surface area contributed by atoms with Crippen molar-refractivity contribution >= 4 is 168 Å². The molecule has 8 aromatic rings. The number of ether oxygens (including phenoxy) is 1. The van der Waals surface area contributed by atoms with Crippen LogP contribution >= 0.6 is 34.7 Å². The molecule has 444 valence electrons. The topological polar surface area (TPSA) is 498 Å². The number of aliphatic hydroxyl groups excluding tert-OH is 1.